The Labute approximate surface area is 72.0 Å². The van der Waals surface area contributed by atoms with Gasteiger partial charge in [0.05, 0.1) is 6.04 Å². The van der Waals surface area contributed by atoms with E-state index in [1.165, 1.54) is 0 Å². The molecule has 0 aromatic rings. The Morgan fingerprint density at radius 1 is 1.75 bits per heavy atom. The largest absolute Gasteiger partial charge is 0.444 e. The van der Waals surface area contributed by atoms with Crippen LogP contribution in [0.3, 0.4) is 0 Å². The van der Waals surface area contributed by atoms with E-state index in [0.717, 1.165) is 19.3 Å². The number of allylic oxidation sites excluding steroid dienone is 1. The van der Waals surface area contributed by atoms with Crippen LogP contribution in [0.5, 0.6) is 0 Å². The second-order valence-electron chi connectivity index (χ2n) is 3.27. The van der Waals surface area contributed by atoms with Gasteiger partial charge in [-0.1, -0.05) is 13.0 Å². The molecule has 0 bridgehead atoms. The topological polar surface area (TPSA) is 29.5 Å². The molecule has 12 heavy (non-hydrogen) atoms. The predicted octanol–water partition coefficient (Wildman–Crippen LogP) is 1.89. The molecule has 2 aliphatic heterocycles. The summed E-state index contributed by atoms with van der Waals surface area (Å²) in [5, 5.41) is 0. The molecule has 2 aliphatic rings. The third kappa shape index (κ3) is 1.00. The lowest BCUT2D eigenvalue weighted by Crippen LogP contribution is -2.34. The highest BCUT2D eigenvalue weighted by atomic mass is 16.6. The fourth-order valence-corrected chi connectivity index (χ4v) is 1.89. The fraction of sp³-hybridized carbons (Fsp3) is 0.667. The molecule has 3 nitrogen and oxygen atoms in total. The van der Waals surface area contributed by atoms with Gasteiger partial charge in [0, 0.05) is 6.20 Å². The van der Waals surface area contributed by atoms with E-state index in [9.17, 15) is 4.79 Å². The first-order valence-electron chi connectivity index (χ1n) is 4.48. The highest BCUT2D eigenvalue weighted by molar-refractivity contribution is 5.72. The van der Waals surface area contributed by atoms with Crippen molar-refractivity contribution >= 4 is 6.09 Å². The summed E-state index contributed by atoms with van der Waals surface area (Å²) in [6, 6.07) is 0.299. The van der Waals surface area contributed by atoms with Crippen molar-refractivity contribution in [1.82, 2.24) is 4.90 Å². The third-order valence-corrected chi connectivity index (χ3v) is 2.55. The van der Waals surface area contributed by atoms with Gasteiger partial charge in [0.1, 0.15) is 6.10 Å². The summed E-state index contributed by atoms with van der Waals surface area (Å²) >= 11 is 0. The summed E-state index contributed by atoms with van der Waals surface area (Å²) in [7, 11) is 0. The minimum atomic E-state index is -0.178. The van der Waals surface area contributed by atoms with Crippen LogP contribution in [0.25, 0.3) is 0 Å². The lowest BCUT2D eigenvalue weighted by Gasteiger charge is -2.23. The normalized spacial score (nSPS) is 33.4. The minimum Gasteiger partial charge on any atom is -0.444 e. The highest BCUT2D eigenvalue weighted by Gasteiger charge is 2.39. The number of hydrogen-bond acceptors (Lipinski definition) is 2. The molecule has 0 saturated carbocycles. The highest BCUT2D eigenvalue weighted by Crippen LogP contribution is 2.28. The molecule has 0 N–H and O–H groups in total. The van der Waals surface area contributed by atoms with Crippen LogP contribution in [0.15, 0.2) is 12.3 Å². The third-order valence-electron chi connectivity index (χ3n) is 2.55. The molecule has 2 atom stereocenters. The maximum absolute atomic E-state index is 11.2. The Hall–Kier alpha value is -0.990. The molecule has 0 unspecified atom stereocenters. The molecule has 1 fully saturated rings. The Balaban J connectivity index is 2.19. The van der Waals surface area contributed by atoms with E-state index in [-0.39, 0.29) is 12.2 Å². The van der Waals surface area contributed by atoms with E-state index in [0.29, 0.717) is 6.04 Å². The van der Waals surface area contributed by atoms with Crippen LogP contribution in [0.1, 0.15) is 26.2 Å². The molecule has 0 aliphatic carbocycles. The first kappa shape index (κ1) is 7.65. The standard InChI is InChI=1S/C9H13NO2/c1-2-8-7-5-3-4-6-10(7)9(11)12-8/h4,6-8H,2-3,5H2,1H3/t7-,8-/m0/s1. The summed E-state index contributed by atoms with van der Waals surface area (Å²) in [4.78, 5) is 13.0. The second-order valence-corrected chi connectivity index (χ2v) is 3.27. The summed E-state index contributed by atoms with van der Waals surface area (Å²) < 4.78 is 5.19. The molecular formula is C9H13NO2. The number of hydrogen-bond donors (Lipinski definition) is 0. The lowest BCUT2D eigenvalue weighted by atomic mass is 10.0. The first-order chi connectivity index (χ1) is 5.83. The van der Waals surface area contributed by atoms with Crippen molar-refractivity contribution in [1.29, 1.82) is 0 Å². The number of amides is 1. The van der Waals surface area contributed by atoms with Crippen molar-refractivity contribution in [3.63, 3.8) is 0 Å². The van der Waals surface area contributed by atoms with Gasteiger partial charge in [-0.25, -0.2) is 4.79 Å². The van der Waals surface area contributed by atoms with Gasteiger partial charge in [-0.05, 0) is 19.3 Å². The molecule has 2 heterocycles. The van der Waals surface area contributed by atoms with Gasteiger partial charge in [0.25, 0.3) is 0 Å². The van der Waals surface area contributed by atoms with Crippen molar-refractivity contribution in [2.45, 2.75) is 38.3 Å². The quantitative estimate of drug-likeness (QED) is 0.597. The molecule has 0 aromatic heterocycles. The average molecular weight is 167 g/mol. The van der Waals surface area contributed by atoms with E-state index in [1.54, 1.807) is 4.90 Å². The summed E-state index contributed by atoms with van der Waals surface area (Å²) in [5.41, 5.74) is 0. The molecule has 0 aromatic carbocycles. The lowest BCUT2D eigenvalue weighted by molar-refractivity contribution is 0.127. The SMILES string of the molecule is CC[C@@H]1OC(=O)N2C=CCC[C@@H]12. The molecular weight excluding hydrogens is 154 g/mol. The number of cyclic esters (lactones) is 1. The molecule has 66 valence electrons. The van der Waals surface area contributed by atoms with E-state index < -0.39 is 0 Å². The fourth-order valence-electron chi connectivity index (χ4n) is 1.89. The van der Waals surface area contributed by atoms with Gasteiger partial charge in [-0.15, -0.1) is 0 Å². The van der Waals surface area contributed by atoms with Crippen LogP contribution in [0.4, 0.5) is 4.79 Å². The van der Waals surface area contributed by atoms with E-state index in [4.69, 9.17) is 4.74 Å². The first-order valence-corrected chi connectivity index (χ1v) is 4.48. The van der Waals surface area contributed by atoms with Gasteiger partial charge in [0.15, 0.2) is 0 Å². The zero-order chi connectivity index (χ0) is 8.55. The van der Waals surface area contributed by atoms with Gasteiger partial charge in [-0.2, -0.15) is 0 Å². The number of nitrogens with zero attached hydrogens (tertiary/aromatic N) is 1. The average Bonchev–Trinajstić information content (AvgIpc) is 2.44. The van der Waals surface area contributed by atoms with Gasteiger partial charge in [-0.3, -0.25) is 4.90 Å². The Kier molecular flexibility index (Phi) is 1.79. The van der Waals surface area contributed by atoms with Gasteiger partial charge < -0.3 is 4.74 Å². The number of carbonyl (C=O) groups is 1. The number of ether oxygens (including phenoxy) is 1. The maximum atomic E-state index is 11.2. The van der Waals surface area contributed by atoms with E-state index in [1.807, 2.05) is 12.3 Å². The Morgan fingerprint density at radius 2 is 2.58 bits per heavy atom. The smallest absolute Gasteiger partial charge is 0.414 e. The summed E-state index contributed by atoms with van der Waals surface area (Å²) in [5.74, 6) is 0. The Morgan fingerprint density at radius 3 is 3.33 bits per heavy atom. The van der Waals surface area contributed by atoms with Crippen molar-refractivity contribution in [3.8, 4) is 0 Å². The van der Waals surface area contributed by atoms with Crippen LogP contribution in [-0.2, 0) is 4.74 Å². The van der Waals surface area contributed by atoms with Crippen LogP contribution in [-0.4, -0.2) is 23.1 Å². The van der Waals surface area contributed by atoms with E-state index >= 15 is 0 Å². The maximum Gasteiger partial charge on any atom is 0.414 e. The van der Waals surface area contributed by atoms with Crippen molar-refractivity contribution < 1.29 is 9.53 Å². The zero-order valence-electron chi connectivity index (χ0n) is 7.19. The second kappa shape index (κ2) is 2.81. The Bertz CT molecular complexity index is 225. The minimum absolute atomic E-state index is 0.113. The van der Waals surface area contributed by atoms with Crippen molar-refractivity contribution in [2.24, 2.45) is 0 Å². The number of fused-ring (bicyclic) bond motifs is 1. The van der Waals surface area contributed by atoms with Crippen LogP contribution >= 0.6 is 0 Å². The number of carbonyl (C=O) groups excluding carboxylic acids is 1. The monoisotopic (exact) mass is 167 g/mol. The molecule has 2 rings (SSSR count). The van der Waals surface area contributed by atoms with Gasteiger partial charge in [0.2, 0.25) is 0 Å². The van der Waals surface area contributed by atoms with Gasteiger partial charge >= 0.3 is 6.09 Å². The molecule has 0 radical (unpaired) electrons. The zero-order valence-corrected chi connectivity index (χ0v) is 7.19. The summed E-state index contributed by atoms with van der Waals surface area (Å²) in [6.07, 6.45) is 6.84. The van der Waals surface area contributed by atoms with Crippen LogP contribution in [0, 0.1) is 0 Å². The molecule has 0 spiro atoms. The predicted molar refractivity (Wildman–Crippen MR) is 44.6 cm³/mol. The molecule has 3 heteroatoms. The van der Waals surface area contributed by atoms with E-state index in [2.05, 4.69) is 6.92 Å². The van der Waals surface area contributed by atoms with Crippen LogP contribution in [0.2, 0.25) is 0 Å². The van der Waals surface area contributed by atoms with Crippen molar-refractivity contribution in [3.05, 3.63) is 12.3 Å². The summed E-state index contributed by atoms with van der Waals surface area (Å²) in [6.45, 7) is 2.06. The molecule has 1 amide bonds. The molecule has 1 saturated heterocycles. The number of rotatable bonds is 1. The van der Waals surface area contributed by atoms with Crippen LogP contribution < -0.4 is 0 Å². The van der Waals surface area contributed by atoms with Crippen molar-refractivity contribution in [2.75, 3.05) is 0 Å².